The van der Waals surface area contributed by atoms with Gasteiger partial charge in [0.2, 0.25) is 5.43 Å². The van der Waals surface area contributed by atoms with Crippen molar-refractivity contribution in [2.45, 2.75) is 6.92 Å². The predicted molar refractivity (Wildman–Crippen MR) is 125 cm³/mol. The monoisotopic (exact) mass is 494 g/mol. The van der Waals surface area contributed by atoms with E-state index in [0.29, 0.717) is 44.9 Å². The molecule has 32 heavy (non-hydrogen) atoms. The van der Waals surface area contributed by atoms with Gasteiger partial charge in [0.1, 0.15) is 17.1 Å². The molecule has 0 saturated carbocycles. The topological polar surface area (TPSA) is 75.0 Å². The molecule has 0 radical (unpaired) electrons. The molecule has 0 bridgehead atoms. The number of rotatable bonds is 5. The number of methoxy groups -OCH3 is 2. The zero-order chi connectivity index (χ0) is 22.8. The summed E-state index contributed by atoms with van der Waals surface area (Å²) in [6.45, 7) is 1.72. The Morgan fingerprint density at radius 1 is 0.906 bits per heavy atom. The fourth-order valence-electron chi connectivity index (χ4n) is 3.43. The first-order chi connectivity index (χ1) is 15.4. The molecular formula is C25H19BrO6. The summed E-state index contributed by atoms with van der Waals surface area (Å²) >= 11 is 3.33. The molecule has 0 fully saturated rings. The molecule has 0 atom stereocenters. The van der Waals surface area contributed by atoms with E-state index in [4.69, 9.17) is 18.6 Å². The van der Waals surface area contributed by atoms with Crippen LogP contribution in [0.2, 0.25) is 0 Å². The van der Waals surface area contributed by atoms with Crippen LogP contribution < -0.4 is 19.6 Å². The molecule has 0 aliphatic carbocycles. The molecule has 4 aromatic rings. The Balaban J connectivity index is 1.71. The number of carbonyl (C=O) groups excluding carboxylic acids is 1. The quantitative estimate of drug-likeness (QED) is 0.259. The molecule has 0 aliphatic heterocycles. The fourth-order valence-corrected chi connectivity index (χ4v) is 3.69. The van der Waals surface area contributed by atoms with Crippen LogP contribution in [-0.4, -0.2) is 20.2 Å². The second-order valence-electron chi connectivity index (χ2n) is 6.99. The molecule has 0 spiro atoms. The van der Waals surface area contributed by atoms with E-state index in [1.54, 1.807) is 74.7 Å². The Bertz CT molecular complexity index is 1370. The average molecular weight is 495 g/mol. The lowest BCUT2D eigenvalue weighted by atomic mass is 10.0. The highest BCUT2D eigenvalue weighted by Gasteiger charge is 2.17. The van der Waals surface area contributed by atoms with Gasteiger partial charge >= 0.3 is 5.97 Å². The lowest BCUT2D eigenvalue weighted by Gasteiger charge is -2.12. The van der Waals surface area contributed by atoms with E-state index in [1.807, 2.05) is 0 Å². The summed E-state index contributed by atoms with van der Waals surface area (Å²) in [7, 11) is 3.09. The zero-order valence-electron chi connectivity index (χ0n) is 17.6. The van der Waals surface area contributed by atoms with E-state index in [2.05, 4.69) is 15.9 Å². The molecule has 4 rings (SSSR count). The first kappa shape index (κ1) is 21.6. The molecule has 1 aromatic heterocycles. The van der Waals surface area contributed by atoms with Gasteiger partial charge in [-0.05, 0) is 61.0 Å². The van der Waals surface area contributed by atoms with Crippen molar-refractivity contribution in [3.63, 3.8) is 0 Å². The molecule has 0 N–H and O–H groups in total. The highest BCUT2D eigenvalue weighted by molar-refractivity contribution is 9.10. The van der Waals surface area contributed by atoms with Crippen LogP contribution in [0.25, 0.3) is 22.1 Å². The van der Waals surface area contributed by atoms with Crippen LogP contribution in [0.1, 0.15) is 16.1 Å². The average Bonchev–Trinajstić information content (AvgIpc) is 2.79. The van der Waals surface area contributed by atoms with Crippen LogP contribution in [0.4, 0.5) is 0 Å². The van der Waals surface area contributed by atoms with Crippen molar-refractivity contribution in [2.75, 3.05) is 14.2 Å². The van der Waals surface area contributed by atoms with Gasteiger partial charge in [-0.15, -0.1) is 0 Å². The summed E-state index contributed by atoms with van der Waals surface area (Å²) in [5.74, 6) is 1.30. The van der Waals surface area contributed by atoms with Gasteiger partial charge in [0.15, 0.2) is 11.5 Å². The Labute approximate surface area is 192 Å². The van der Waals surface area contributed by atoms with Crippen molar-refractivity contribution >= 4 is 32.9 Å². The third kappa shape index (κ3) is 4.11. The van der Waals surface area contributed by atoms with E-state index in [0.717, 1.165) is 4.47 Å². The summed E-state index contributed by atoms with van der Waals surface area (Å²) in [6.07, 6.45) is 0. The minimum absolute atomic E-state index is 0.193. The van der Waals surface area contributed by atoms with Crippen LogP contribution in [0.15, 0.2) is 74.3 Å². The number of hydrogen-bond donors (Lipinski definition) is 0. The third-order valence-electron chi connectivity index (χ3n) is 5.00. The molecule has 0 amide bonds. The molecule has 6 nitrogen and oxygen atoms in total. The van der Waals surface area contributed by atoms with Gasteiger partial charge in [-0.1, -0.05) is 22.0 Å². The number of benzene rings is 3. The Morgan fingerprint density at radius 3 is 2.31 bits per heavy atom. The van der Waals surface area contributed by atoms with E-state index in [-0.39, 0.29) is 11.2 Å². The van der Waals surface area contributed by atoms with E-state index in [1.165, 1.54) is 7.11 Å². The van der Waals surface area contributed by atoms with E-state index in [9.17, 15) is 9.59 Å². The maximum Gasteiger partial charge on any atom is 0.343 e. The first-order valence-electron chi connectivity index (χ1n) is 9.69. The number of ether oxygens (including phenoxy) is 3. The Kier molecular flexibility index (Phi) is 6.01. The van der Waals surface area contributed by atoms with Gasteiger partial charge in [0, 0.05) is 10.5 Å². The second-order valence-corrected chi connectivity index (χ2v) is 7.90. The SMILES string of the molecule is COc1ccc(-c2c(C)oc3cc(OC(=O)c4ccc(Br)cc4)ccc3c2=O)cc1OC. The standard InChI is InChI=1S/C25H19BrO6/c1-14-23(16-6-11-20(29-2)22(12-16)30-3)24(27)19-10-9-18(13-21(19)31-14)32-25(28)15-4-7-17(26)8-5-15/h4-13H,1-3H3. The third-order valence-corrected chi connectivity index (χ3v) is 5.53. The lowest BCUT2D eigenvalue weighted by Crippen LogP contribution is -2.10. The molecule has 0 aliphatic rings. The van der Waals surface area contributed by atoms with Crippen LogP contribution >= 0.6 is 15.9 Å². The van der Waals surface area contributed by atoms with Crippen LogP contribution in [0.3, 0.4) is 0 Å². The normalized spacial score (nSPS) is 10.8. The van der Waals surface area contributed by atoms with Gasteiger partial charge in [0.25, 0.3) is 0 Å². The van der Waals surface area contributed by atoms with Crippen molar-refractivity contribution < 1.29 is 23.4 Å². The number of carbonyl (C=O) groups is 1. The second kappa shape index (κ2) is 8.88. The largest absolute Gasteiger partial charge is 0.493 e. The lowest BCUT2D eigenvalue weighted by molar-refractivity contribution is 0.0735. The molecule has 0 saturated heterocycles. The predicted octanol–water partition coefficient (Wildman–Crippen LogP) is 5.77. The number of aryl methyl sites for hydroxylation is 1. The Hall–Kier alpha value is -3.58. The van der Waals surface area contributed by atoms with E-state index >= 15 is 0 Å². The number of hydrogen-bond acceptors (Lipinski definition) is 6. The summed E-state index contributed by atoms with van der Waals surface area (Å²) in [4.78, 5) is 25.6. The van der Waals surface area contributed by atoms with Crippen molar-refractivity contribution in [3.8, 4) is 28.4 Å². The molecule has 162 valence electrons. The van der Waals surface area contributed by atoms with Gasteiger partial charge < -0.3 is 18.6 Å². The maximum absolute atomic E-state index is 13.2. The summed E-state index contributed by atoms with van der Waals surface area (Å²) in [5.41, 5.74) is 1.63. The minimum Gasteiger partial charge on any atom is -0.493 e. The molecular weight excluding hydrogens is 476 g/mol. The van der Waals surface area contributed by atoms with Gasteiger partial charge in [0.05, 0.1) is 30.7 Å². The van der Waals surface area contributed by atoms with Crippen molar-refractivity contribution in [3.05, 3.63) is 86.7 Å². The molecule has 0 unspecified atom stereocenters. The highest BCUT2D eigenvalue weighted by Crippen LogP contribution is 2.33. The zero-order valence-corrected chi connectivity index (χ0v) is 19.2. The van der Waals surface area contributed by atoms with Crippen LogP contribution in [-0.2, 0) is 0 Å². The summed E-state index contributed by atoms with van der Waals surface area (Å²) in [5, 5.41) is 0.379. The van der Waals surface area contributed by atoms with Crippen LogP contribution in [0, 0.1) is 6.92 Å². The highest BCUT2D eigenvalue weighted by atomic mass is 79.9. The van der Waals surface area contributed by atoms with Crippen molar-refractivity contribution in [1.82, 2.24) is 0 Å². The minimum atomic E-state index is -0.502. The molecule has 7 heteroatoms. The van der Waals surface area contributed by atoms with Crippen LogP contribution in [0.5, 0.6) is 17.2 Å². The molecule has 3 aromatic carbocycles. The number of fused-ring (bicyclic) bond motifs is 1. The number of halogens is 1. The van der Waals surface area contributed by atoms with Gasteiger partial charge in [-0.3, -0.25) is 4.79 Å². The van der Waals surface area contributed by atoms with Gasteiger partial charge in [-0.2, -0.15) is 0 Å². The first-order valence-corrected chi connectivity index (χ1v) is 10.5. The summed E-state index contributed by atoms with van der Waals surface area (Å²) in [6, 6.07) is 16.8. The van der Waals surface area contributed by atoms with Gasteiger partial charge in [-0.25, -0.2) is 4.79 Å². The smallest absolute Gasteiger partial charge is 0.343 e. The Morgan fingerprint density at radius 2 is 1.62 bits per heavy atom. The fraction of sp³-hybridized carbons (Fsp3) is 0.120. The number of esters is 1. The van der Waals surface area contributed by atoms with Crippen molar-refractivity contribution in [1.29, 1.82) is 0 Å². The summed E-state index contributed by atoms with van der Waals surface area (Å²) < 4.78 is 22.9. The van der Waals surface area contributed by atoms with E-state index < -0.39 is 5.97 Å². The van der Waals surface area contributed by atoms with Crippen molar-refractivity contribution in [2.24, 2.45) is 0 Å². The molecule has 1 heterocycles. The maximum atomic E-state index is 13.2.